The Balaban J connectivity index is 1.61. The second-order valence-electron chi connectivity index (χ2n) is 8.20. The highest BCUT2D eigenvalue weighted by atomic mass is 16.6. The minimum absolute atomic E-state index is 0.0107. The van der Waals surface area contributed by atoms with Crippen molar-refractivity contribution in [1.82, 2.24) is 10.2 Å². The molecule has 1 saturated carbocycles. The van der Waals surface area contributed by atoms with Gasteiger partial charge in [0.2, 0.25) is 0 Å². The topological polar surface area (TPSA) is 50.8 Å². The van der Waals surface area contributed by atoms with E-state index in [0.29, 0.717) is 17.9 Å². The van der Waals surface area contributed by atoms with Gasteiger partial charge in [0.05, 0.1) is 5.60 Å². The first kappa shape index (κ1) is 16.1. The number of rotatable bonds is 3. The molecule has 3 aliphatic heterocycles. The minimum atomic E-state index is -0.414. The van der Waals surface area contributed by atoms with Crippen molar-refractivity contribution in [2.45, 2.75) is 63.7 Å². The summed E-state index contributed by atoms with van der Waals surface area (Å²) >= 11 is 0. The van der Waals surface area contributed by atoms with E-state index in [1.807, 2.05) is 32.8 Å². The summed E-state index contributed by atoms with van der Waals surface area (Å²) in [4.78, 5) is 14.3. The third kappa shape index (κ3) is 2.98. The van der Waals surface area contributed by atoms with Crippen LogP contribution in [0, 0.1) is 11.8 Å². The number of hydrogen-bond acceptors (Lipinski definition) is 4. The van der Waals surface area contributed by atoms with Gasteiger partial charge >= 0.3 is 6.09 Å². The summed E-state index contributed by atoms with van der Waals surface area (Å²) in [7, 11) is 1.84. The molecule has 0 spiro atoms. The molecule has 1 unspecified atom stereocenters. The van der Waals surface area contributed by atoms with E-state index in [0.717, 1.165) is 45.3 Å². The average Bonchev–Trinajstić information content (AvgIpc) is 3.03. The van der Waals surface area contributed by atoms with Gasteiger partial charge in [-0.3, -0.25) is 0 Å². The first-order valence-electron chi connectivity index (χ1n) is 8.59. The zero-order chi connectivity index (χ0) is 16.0. The molecule has 3 atom stereocenters. The van der Waals surface area contributed by atoms with E-state index in [2.05, 4.69) is 5.32 Å². The molecule has 5 heteroatoms. The van der Waals surface area contributed by atoms with Crippen LogP contribution >= 0.6 is 0 Å². The van der Waals surface area contributed by atoms with E-state index in [1.54, 1.807) is 0 Å². The fourth-order valence-electron chi connectivity index (χ4n) is 4.37. The molecular formula is C17H30N2O3. The van der Waals surface area contributed by atoms with Gasteiger partial charge in [-0.1, -0.05) is 0 Å². The average molecular weight is 310 g/mol. The Labute approximate surface area is 133 Å². The predicted octanol–water partition coefficient (Wildman–Crippen LogP) is 2.40. The number of ether oxygens (including phenoxy) is 2. The van der Waals surface area contributed by atoms with Gasteiger partial charge < -0.3 is 19.7 Å². The van der Waals surface area contributed by atoms with Gasteiger partial charge in [0.15, 0.2) is 0 Å². The van der Waals surface area contributed by atoms with E-state index in [4.69, 9.17) is 9.47 Å². The van der Waals surface area contributed by atoms with Crippen molar-refractivity contribution in [3.8, 4) is 0 Å². The Hall–Kier alpha value is -0.810. The van der Waals surface area contributed by atoms with Gasteiger partial charge in [0, 0.05) is 19.7 Å². The van der Waals surface area contributed by atoms with Crippen molar-refractivity contribution < 1.29 is 14.3 Å². The Morgan fingerprint density at radius 2 is 2.00 bits per heavy atom. The Morgan fingerprint density at radius 1 is 1.32 bits per heavy atom. The van der Waals surface area contributed by atoms with Crippen LogP contribution in [0.1, 0.15) is 46.5 Å². The molecule has 0 aromatic carbocycles. The highest BCUT2D eigenvalue weighted by Crippen LogP contribution is 2.51. The van der Waals surface area contributed by atoms with Gasteiger partial charge in [0.1, 0.15) is 5.60 Å². The molecule has 0 aromatic heterocycles. The van der Waals surface area contributed by atoms with Crippen LogP contribution in [0.15, 0.2) is 0 Å². The van der Waals surface area contributed by atoms with Crippen LogP contribution in [0.2, 0.25) is 0 Å². The van der Waals surface area contributed by atoms with Crippen molar-refractivity contribution in [3.05, 3.63) is 0 Å². The number of carbonyl (C=O) groups excluding carboxylic acids is 1. The number of methoxy groups -OCH3 is 1. The number of fused-ring (bicyclic) bond motifs is 1. The molecule has 1 N–H and O–H groups in total. The Bertz CT molecular complexity index is 426. The molecule has 2 bridgehead atoms. The summed E-state index contributed by atoms with van der Waals surface area (Å²) in [6, 6.07) is 0.363. The molecule has 4 fully saturated rings. The SMILES string of the molecule is COC1(CC2[C@H]3C[C@@H]2N(C(=O)OC(C)(C)C)C3)CCNCC1. The molecule has 3 heterocycles. The van der Waals surface area contributed by atoms with Gasteiger partial charge in [-0.2, -0.15) is 0 Å². The van der Waals surface area contributed by atoms with Crippen molar-refractivity contribution in [3.63, 3.8) is 0 Å². The standard InChI is InChI=1S/C17H30N2O3/c1-16(2,3)22-15(20)19-11-12-9-14(19)13(12)10-17(21-4)5-7-18-8-6-17/h12-14,18H,5-11H2,1-4H3/t12-,13?,14-/m0/s1. The summed E-state index contributed by atoms with van der Waals surface area (Å²) in [5.41, 5.74) is -0.404. The second-order valence-corrected chi connectivity index (χ2v) is 8.20. The van der Waals surface area contributed by atoms with E-state index in [9.17, 15) is 4.79 Å². The van der Waals surface area contributed by atoms with Gasteiger partial charge in [-0.25, -0.2) is 4.79 Å². The largest absolute Gasteiger partial charge is 0.444 e. The lowest BCUT2D eigenvalue weighted by atomic mass is 9.67. The summed E-state index contributed by atoms with van der Waals surface area (Å²) in [5.74, 6) is 1.23. The zero-order valence-corrected chi connectivity index (χ0v) is 14.4. The first-order chi connectivity index (χ1) is 10.3. The molecule has 5 nitrogen and oxygen atoms in total. The molecule has 0 radical (unpaired) electrons. The maximum atomic E-state index is 12.3. The summed E-state index contributed by atoms with van der Waals surface area (Å²) in [6.07, 6.45) is 4.23. The number of hydrogen-bond donors (Lipinski definition) is 1. The monoisotopic (exact) mass is 310 g/mol. The maximum Gasteiger partial charge on any atom is 0.410 e. The minimum Gasteiger partial charge on any atom is -0.444 e. The molecule has 1 amide bonds. The Kier molecular flexibility index (Phi) is 4.14. The van der Waals surface area contributed by atoms with Crippen molar-refractivity contribution in [1.29, 1.82) is 0 Å². The van der Waals surface area contributed by atoms with Crippen LogP contribution in [-0.4, -0.2) is 55.0 Å². The van der Waals surface area contributed by atoms with Crippen molar-refractivity contribution in [2.75, 3.05) is 26.7 Å². The lowest BCUT2D eigenvalue weighted by molar-refractivity contribution is -0.0694. The van der Waals surface area contributed by atoms with Crippen LogP contribution < -0.4 is 5.32 Å². The van der Waals surface area contributed by atoms with Crippen molar-refractivity contribution >= 4 is 6.09 Å². The van der Waals surface area contributed by atoms with Crippen LogP contribution in [0.3, 0.4) is 0 Å². The maximum absolute atomic E-state index is 12.3. The number of nitrogens with zero attached hydrogens (tertiary/aromatic N) is 1. The fourth-order valence-corrected chi connectivity index (χ4v) is 4.37. The fraction of sp³-hybridized carbons (Fsp3) is 0.941. The van der Waals surface area contributed by atoms with Crippen LogP contribution in [-0.2, 0) is 9.47 Å². The predicted molar refractivity (Wildman–Crippen MR) is 84.8 cm³/mol. The molecule has 4 rings (SSSR count). The van der Waals surface area contributed by atoms with Crippen LogP contribution in [0.5, 0.6) is 0 Å². The highest BCUT2D eigenvalue weighted by Gasteiger charge is 2.56. The summed E-state index contributed by atoms with van der Waals surface area (Å²) < 4.78 is 11.5. The third-order valence-corrected chi connectivity index (χ3v) is 5.66. The van der Waals surface area contributed by atoms with E-state index in [1.165, 1.54) is 0 Å². The van der Waals surface area contributed by atoms with Crippen LogP contribution in [0.25, 0.3) is 0 Å². The van der Waals surface area contributed by atoms with Gasteiger partial charge in [0.25, 0.3) is 0 Å². The van der Waals surface area contributed by atoms with Gasteiger partial charge in [-0.05, 0) is 71.4 Å². The Morgan fingerprint density at radius 3 is 2.59 bits per heavy atom. The van der Waals surface area contributed by atoms with Gasteiger partial charge in [-0.15, -0.1) is 0 Å². The van der Waals surface area contributed by atoms with Crippen molar-refractivity contribution in [2.24, 2.45) is 11.8 Å². The number of piperidine rings is 1. The normalized spacial score (nSPS) is 33.5. The number of amides is 1. The lowest BCUT2D eigenvalue weighted by Gasteiger charge is -2.45. The highest BCUT2D eigenvalue weighted by molar-refractivity contribution is 5.69. The van der Waals surface area contributed by atoms with E-state index >= 15 is 0 Å². The molecule has 3 saturated heterocycles. The number of nitrogens with one attached hydrogen (secondary N) is 1. The molecule has 0 aromatic rings. The molecule has 4 aliphatic rings. The summed E-state index contributed by atoms with van der Waals surface area (Å²) in [5, 5.41) is 3.41. The molecule has 1 aliphatic carbocycles. The molecular weight excluding hydrogens is 280 g/mol. The summed E-state index contributed by atoms with van der Waals surface area (Å²) in [6.45, 7) is 8.72. The van der Waals surface area contributed by atoms with E-state index < -0.39 is 5.60 Å². The second kappa shape index (κ2) is 5.68. The number of carbonyl (C=O) groups is 1. The molecule has 22 heavy (non-hydrogen) atoms. The van der Waals surface area contributed by atoms with E-state index in [-0.39, 0.29) is 11.7 Å². The molecule has 126 valence electrons. The third-order valence-electron chi connectivity index (χ3n) is 5.66. The lowest BCUT2D eigenvalue weighted by Crippen LogP contribution is -2.50. The first-order valence-corrected chi connectivity index (χ1v) is 8.59. The van der Waals surface area contributed by atoms with Crippen LogP contribution in [0.4, 0.5) is 4.79 Å². The smallest absolute Gasteiger partial charge is 0.410 e. The zero-order valence-electron chi connectivity index (χ0n) is 14.4. The quantitative estimate of drug-likeness (QED) is 0.869.